The van der Waals surface area contributed by atoms with Crippen LogP contribution in [-0.4, -0.2) is 56.2 Å². The molecule has 1 unspecified atom stereocenters. The van der Waals surface area contributed by atoms with Crippen LogP contribution in [0.3, 0.4) is 0 Å². The number of halogens is 3. The second-order valence-corrected chi connectivity index (χ2v) is 6.75. The van der Waals surface area contributed by atoms with Gasteiger partial charge in [0.25, 0.3) is 0 Å². The van der Waals surface area contributed by atoms with Crippen LogP contribution in [0.4, 0.5) is 8.78 Å². The molecule has 2 rings (SSSR count). The first-order valence-electron chi connectivity index (χ1n) is 9.92. The number of amides is 1. The zero-order valence-corrected chi connectivity index (χ0v) is 20.0. The molecule has 1 aliphatic heterocycles. The van der Waals surface area contributed by atoms with Gasteiger partial charge in [-0.1, -0.05) is 13.8 Å². The van der Waals surface area contributed by atoms with E-state index < -0.39 is 6.61 Å². The van der Waals surface area contributed by atoms with Gasteiger partial charge in [-0.2, -0.15) is 8.78 Å². The van der Waals surface area contributed by atoms with Gasteiger partial charge in [0.1, 0.15) is 11.5 Å². The molecule has 7 nitrogen and oxygen atoms in total. The Labute approximate surface area is 193 Å². The van der Waals surface area contributed by atoms with Crippen LogP contribution in [0.2, 0.25) is 0 Å². The van der Waals surface area contributed by atoms with E-state index in [1.165, 1.54) is 6.07 Å². The highest BCUT2D eigenvalue weighted by atomic mass is 127. The number of benzene rings is 1. The molecule has 1 aromatic rings. The van der Waals surface area contributed by atoms with E-state index in [1.54, 1.807) is 19.2 Å². The summed E-state index contributed by atoms with van der Waals surface area (Å²) in [5.41, 5.74) is 0.561. The van der Waals surface area contributed by atoms with Crippen molar-refractivity contribution in [1.82, 2.24) is 15.5 Å². The fraction of sp³-hybridized carbons (Fsp3) is 0.600. The van der Waals surface area contributed by atoms with Crippen molar-refractivity contribution < 1.29 is 23.0 Å². The number of nitrogens with zero attached hydrogens (tertiary/aromatic N) is 2. The van der Waals surface area contributed by atoms with Crippen LogP contribution in [0, 0.1) is 0 Å². The molecule has 1 amide bonds. The lowest BCUT2D eigenvalue weighted by atomic mass is 10.2. The van der Waals surface area contributed by atoms with E-state index in [9.17, 15) is 13.6 Å². The molecule has 0 radical (unpaired) electrons. The molecule has 1 atom stereocenters. The second-order valence-electron chi connectivity index (χ2n) is 6.75. The Morgan fingerprint density at radius 1 is 1.37 bits per heavy atom. The topological polar surface area (TPSA) is 75.2 Å². The summed E-state index contributed by atoms with van der Waals surface area (Å²) in [7, 11) is 1.64. The molecule has 0 bridgehead atoms. The molecule has 0 aliphatic carbocycles. The maximum atomic E-state index is 12.8. The fourth-order valence-electron chi connectivity index (χ4n) is 3.09. The van der Waals surface area contributed by atoms with Crippen LogP contribution in [0.15, 0.2) is 23.2 Å². The number of ether oxygens (including phenoxy) is 2. The Hall–Kier alpha value is -1.85. The first-order chi connectivity index (χ1) is 14.0. The number of alkyl halides is 2. The minimum Gasteiger partial charge on any atom is -0.493 e. The predicted molar refractivity (Wildman–Crippen MR) is 123 cm³/mol. The summed E-state index contributed by atoms with van der Waals surface area (Å²) < 4.78 is 35.8. The zero-order chi connectivity index (χ0) is 21.2. The number of nitrogens with one attached hydrogen (secondary N) is 2. The van der Waals surface area contributed by atoms with Crippen LogP contribution in [0.5, 0.6) is 11.5 Å². The first-order valence-corrected chi connectivity index (χ1v) is 9.92. The van der Waals surface area contributed by atoms with Crippen LogP contribution in [0.25, 0.3) is 0 Å². The minimum absolute atomic E-state index is 0. The van der Waals surface area contributed by atoms with E-state index >= 15 is 0 Å². The largest absolute Gasteiger partial charge is 0.493 e. The maximum Gasteiger partial charge on any atom is 0.387 e. The lowest BCUT2D eigenvalue weighted by Gasteiger charge is -2.19. The highest BCUT2D eigenvalue weighted by Crippen LogP contribution is 2.26. The molecule has 10 heteroatoms. The van der Waals surface area contributed by atoms with Crippen molar-refractivity contribution in [3.63, 3.8) is 0 Å². The minimum atomic E-state index is -2.92. The van der Waals surface area contributed by atoms with Crippen molar-refractivity contribution in [1.29, 1.82) is 0 Å². The number of likely N-dealkylation sites (tertiary alicyclic amines) is 1. The highest BCUT2D eigenvalue weighted by molar-refractivity contribution is 14.0. The normalized spacial score (nSPS) is 16.3. The molecule has 0 spiro atoms. The van der Waals surface area contributed by atoms with Crippen molar-refractivity contribution in [2.24, 2.45) is 4.99 Å². The van der Waals surface area contributed by atoms with Crippen molar-refractivity contribution in [3.8, 4) is 11.5 Å². The molecule has 1 aromatic carbocycles. The number of carbonyl (C=O) groups excluding carboxylic acids is 1. The molecule has 0 saturated carbocycles. The average molecular weight is 540 g/mol. The summed E-state index contributed by atoms with van der Waals surface area (Å²) in [4.78, 5) is 17.8. The summed E-state index contributed by atoms with van der Waals surface area (Å²) in [6, 6.07) is 4.99. The summed E-state index contributed by atoms with van der Waals surface area (Å²) >= 11 is 0. The molecular formula is C20H31F2IN4O3. The molecule has 0 aromatic heterocycles. The van der Waals surface area contributed by atoms with Crippen LogP contribution in [-0.2, 0) is 11.3 Å². The number of aliphatic imine (C=N–C) groups is 1. The standard InChI is InChI=1S/C20H30F2N4O3.HI/c1-4-10-28-16-7-6-14(17(11-16)29-19(21)22)12-24-20(23-3)25-15-8-9-26(13-15)18(27)5-2;/h6-7,11,15,19H,4-5,8-10,12-13H2,1-3H3,(H2,23,24,25);1H. The van der Waals surface area contributed by atoms with Crippen molar-refractivity contribution in [2.75, 3.05) is 26.7 Å². The number of hydrogen-bond donors (Lipinski definition) is 2. The fourth-order valence-corrected chi connectivity index (χ4v) is 3.09. The van der Waals surface area contributed by atoms with Gasteiger partial charge in [0, 0.05) is 50.8 Å². The number of hydrogen-bond acceptors (Lipinski definition) is 4. The smallest absolute Gasteiger partial charge is 0.387 e. The van der Waals surface area contributed by atoms with Gasteiger partial charge in [0.15, 0.2) is 5.96 Å². The van der Waals surface area contributed by atoms with Crippen LogP contribution in [0.1, 0.15) is 38.7 Å². The summed E-state index contributed by atoms with van der Waals surface area (Å²) in [5.74, 6) is 1.23. The van der Waals surface area contributed by atoms with Gasteiger partial charge in [-0.15, -0.1) is 24.0 Å². The summed E-state index contributed by atoms with van der Waals surface area (Å²) in [6.45, 7) is 2.98. The van der Waals surface area contributed by atoms with E-state index in [0.29, 0.717) is 43.4 Å². The monoisotopic (exact) mass is 540 g/mol. The highest BCUT2D eigenvalue weighted by Gasteiger charge is 2.25. The Kier molecular flexibility index (Phi) is 11.7. The number of rotatable bonds is 9. The van der Waals surface area contributed by atoms with E-state index in [-0.39, 0.29) is 48.2 Å². The van der Waals surface area contributed by atoms with Gasteiger partial charge in [-0.3, -0.25) is 9.79 Å². The third-order valence-corrected chi connectivity index (χ3v) is 4.58. The van der Waals surface area contributed by atoms with Crippen LogP contribution < -0.4 is 20.1 Å². The van der Waals surface area contributed by atoms with E-state index in [1.807, 2.05) is 18.7 Å². The summed E-state index contributed by atoms with van der Waals surface area (Å²) in [5, 5.41) is 6.39. The molecular weight excluding hydrogens is 509 g/mol. The zero-order valence-electron chi connectivity index (χ0n) is 17.6. The SMILES string of the molecule is CCCOc1ccc(CNC(=NC)NC2CCN(C(=O)CC)C2)c(OC(F)F)c1.I. The van der Waals surface area contributed by atoms with E-state index in [4.69, 9.17) is 4.74 Å². The van der Waals surface area contributed by atoms with Gasteiger partial charge in [-0.05, 0) is 25.0 Å². The Morgan fingerprint density at radius 2 is 2.13 bits per heavy atom. The Balaban J connectivity index is 0.00000450. The number of guanidine groups is 1. The molecule has 2 N–H and O–H groups in total. The summed E-state index contributed by atoms with van der Waals surface area (Å²) in [6.07, 6.45) is 2.14. The molecule has 170 valence electrons. The van der Waals surface area contributed by atoms with Crippen molar-refractivity contribution in [2.45, 2.75) is 52.3 Å². The average Bonchev–Trinajstić information content (AvgIpc) is 3.18. The predicted octanol–water partition coefficient (Wildman–Crippen LogP) is 3.37. The molecule has 1 saturated heterocycles. The molecule has 30 heavy (non-hydrogen) atoms. The van der Waals surface area contributed by atoms with E-state index in [2.05, 4.69) is 20.4 Å². The molecule has 1 aliphatic rings. The first kappa shape index (κ1) is 26.2. The quantitative estimate of drug-likeness (QED) is 0.286. The Bertz CT molecular complexity index is 707. The van der Waals surface area contributed by atoms with Gasteiger partial charge < -0.3 is 25.0 Å². The maximum absolute atomic E-state index is 12.8. The lowest BCUT2D eigenvalue weighted by Crippen LogP contribution is -2.44. The molecule has 1 heterocycles. The van der Waals surface area contributed by atoms with Crippen LogP contribution >= 0.6 is 24.0 Å². The van der Waals surface area contributed by atoms with Gasteiger partial charge in [0.05, 0.1) is 6.61 Å². The van der Waals surface area contributed by atoms with E-state index in [0.717, 1.165) is 12.8 Å². The van der Waals surface area contributed by atoms with Crippen molar-refractivity contribution >= 4 is 35.8 Å². The Morgan fingerprint density at radius 3 is 2.77 bits per heavy atom. The third kappa shape index (κ3) is 8.11. The second kappa shape index (κ2) is 13.5. The van der Waals surface area contributed by atoms with Gasteiger partial charge >= 0.3 is 6.61 Å². The van der Waals surface area contributed by atoms with Gasteiger partial charge in [-0.25, -0.2) is 0 Å². The lowest BCUT2D eigenvalue weighted by molar-refractivity contribution is -0.129. The van der Waals surface area contributed by atoms with Crippen molar-refractivity contribution in [3.05, 3.63) is 23.8 Å². The third-order valence-electron chi connectivity index (χ3n) is 4.58. The number of carbonyl (C=O) groups is 1. The molecule has 1 fully saturated rings. The van der Waals surface area contributed by atoms with Gasteiger partial charge in [0.2, 0.25) is 5.91 Å².